The maximum atomic E-state index is 13.7. The van der Waals surface area contributed by atoms with Gasteiger partial charge in [0.1, 0.15) is 17.4 Å². The minimum Gasteiger partial charge on any atom is -0.497 e. The summed E-state index contributed by atoms with van der Waals surface area (Å²) in [5.41, 5.74) is 1.13. The number of piperazine rings is 1. The van der Waals surface area contributed by atoms with Crippen molar-refractivity contribution in [2.75, 3.05) is 43.5 Å². The number of nitrogens with one attached hydrogen (secondary N) is 2. The highest BCUT2D eigenvalue weighted by molar-refractivity contribution is 5.93. The molecule has 3 rings (SSSR count). The summed E-state index contributed by atoms with van der Waals surface area (Å²) in [7, 11) is 1.64. The van der Waals surface area contributed by atoms with E-state index in [2.05, 4.69) is 10.2 Å². The van der Waals surface area contributed by atoms with Gasteiger partial charge in [-0.1, -0.05) is 0 Å². The molecule has 2 aromatic carbocycles. The molecule has 1 saturated heterocycles. The molecule has 1 atom stereocenters. The van der Waals surface area contributed by atoms with Crippen molar-refractivity contribution < 1.29 is 23.2 Å². The van der Waals surface area contributed by atoms with Gasteiger partial charge in [0.25, 0.3) is 5.91 Å². The molecular weight excluding hydrogens is 352 g/mol. The molecule has 7 heteroatoms. The van der Waals surface area contributed by atoms with Crippen LogP contribution in [0.15, 0.2) is 42.5 Å². The van der Waals surface area contributed by atoms with Crippen LogP contribution in [0.3, 0.4) is 0 Å². The van der Waals surface area contributed by atoms with E-state index in [4.69, 9.17) is 4.74 Å². The van der Waals surface area contributed by atoms with Gasteiger partial charge in [-0.2, -0.15) is 0 Å². The van der Waals surface area contributed by atoms with E-state index in [9.17, 15) is 13.6 Å². The molecule has 1 amide bonds. The Morgan fingerprint density at radius 3 is 2.41 bits per heavy atom. The number of amides is 1. The number of halogens is 2. The second-order valence-electron chi connectivity index (χ2n) is 6.68. The van der Waals surface area contributed by atoms with Gasteiger partial charge in [-0.15, -0.1) is 0 Å². The van der Waals surface area contributed by atoms with Crippen LogP contribution in [0, 0.1) is 11.6 Å². The monoisotopic (exact) mass is 376 g/mol. The van der Waals surface area contributed by atoms with E-state index < -0.39 is 11.6 Å². The normalized spacial score (nSPS) is 16.1. The van der Waals surface area contributed by atoms with Crippen molar-refractivity contribution in [3.63, 3.8) is 0 Å². The fourth-order valence-electron chi connectivity index (χ4n) is 3.30. The van der Waals surface area contributed by atoms with Crippen molar-refractivity contribution >= 4 is 17.3 Å². The number of rotatable bonds is 5. The summed E-state index contributed by atoms with van der Waals surface area (Å²) in [5.74, 6) is -0.886. The van der Waals surface area contributed by atoms with Crippen LogP contribution >= 0.6 is 0 Å². The van der Waals surface area contributed by atoms with E-state index in [1.54, 1.807) is 7.11 Å². The van der Waals surface area contributed by atoms with Gasteiger partial charge in [0.15, 0.2) is 6.04 Å². The highest BCUT2D eigenvalue weighted by Crippen LogP contribution is 2.19. The van der Waals surface area contributed by atoms with Crippen LogP contribution < -0.4 is 19.9 Å². The summed E-state index contributed by atoms with van der Waals surface area (Å²) >= 11 is 0. The molecule has 1 heterocycles. The molecule has 1 aliphatic rings. The maximum Gasteiger partial charge on any atom is 0.282 e. The molecule has 0 aromatic heterocycles. The van der Waals surface area contributed by atoms with E-state index in [0.29, 0.717) is 0 Å². The zero-order chi connectivity index (χ0) is 19.4. The largest absolute Gasteiger partial charge is 0.497 e. The fourth-order valence-corrected chi connectivity index (χ4v) is 3.30. The minimum absolute atomic E-state index is 0.00418. The van der Waals surface area contributed by atoms with Gasteiger partial charge in [-0.3, -0.25) is 4.79 Å². The Balaban J connectivity index is 1.55. The molecule has 0 unspecified atom stereocenters. The average molecular weight is 376 g/mol. The molecule has 0 saturated carbocycles. The zero-order valence-electron chi connectivity index (χ0n) is 15.5. The van der Waals surface area contributed by atoms with Gasteiger partial charge in [0.2, 0.25) is 0 Å². The van der Waals surface area contributed by atoms with Crippen LogP contribution in [-0.2, 0) is 4.79 Å². The van der Waals surface area contributed by atoms with Gasteiger partial charge in [-0.25, -0.2) is 8.78 Å². The molecule has 2 N–H and O–H groups in total. The van der Waals surface area contributed by atoms with Crippen molar-refractivity contribution in [1.29, 1.82) is 0 Å². The van der Waals surface area contributed by atoms with E-state index in [0.717, 1.165) is 54.6 Å². The lowest BCUT2D eigenvalue weighted by Crippen LogP contribution is -3.19. The van der Waals surface area contributed by atoms with Crippen LogP contribution in [0.2, 0.25) is 0 Å². The van der Waals surface area contributed by atoms with E-state index in [1.807, 2.05) is 31.2 Å². The number of methoxy groups -OCH3 is 1. The molecule has 0 aliphatic carbocycles. The van der Waals surface area contributed by atoms with Crippen molar-refractivity contribution in [3.8, 4) is 5.75 Å². The standard InChI is InChI=1S/C20H23F2N3O2/c1-14(20(26)23-19-8-3-15(21)13-18(19)22)24-9-11-25(12-10-24)16-4-6-17(27-2)7-5-16/h3-8,13-14H,9-12H2,1-2H3,(H,23,26)/p+1/t14-/m0/s1. The SMILES string of the molecule is COc1ccc(N2CC[NH+]([C@@H](C)C(=O)Nc3ccc(F)cc3F)CC2)cc1. The number of anilines is 2. The van der Waals surface area contributed by atoms with E-state index >= 15 is 0 Å². The lowest BCUT2D eigenvalue weighted by molar-refractivity contribution is -0.914. The van der Waals surface area contributed by atoms with Crippen molar-refractivity contribution in [2.24, 2.45) is 0 Å². The summed E-state index contributed by atoms with van der Waals surface area (Å²) in [6.45, 7) is 5.07. The van der Waals surface area contributed by atoms with Crippen molar-refractivity contribution in [2.45, 2.75) is 13.0 Å². The van der Waals surface area contributed by atoms with Crippen LogP contribution in [0.25, 0.3) is 0 Å². The molecule has 5 nitrogen and oxygen atoms in total. The van der Waals surface area contributed by atoms with Gasteiger partial charge in [0.05, 0.1) is 39.0 Å². The summed E-state index contributed by atoms with van der Waals surface area (Å²) in [6.07, 6.45) is 0. The molecular formula is C20H24F2N3O2+. The fraction of sp³-hybridized carbons (Fsp3) is 0.350. The number of nitrogens with zero attached hydrogens (tertiary/aromatic N) is 1. The smallest absolute Gasteiger partial charge is 0.282 e. The molecule has 0 radical (unpaired) electrons. The van der Waals surface area contributed by atoms with E-state index in [1.165, 1.54) is 6.07 Å². The third-order valence-electron chi connectivity index (χ3n) is 5.04. The second-order valence-corrected chi connectivity index (χ2v) is 6.68. The lowest BCUT2D eigenvalue weighted by atomic mass is 10.2. The van der Waals surface area contributed by atoms with Gasteiger partial charge < -0.3 is 19.9 Å². The van der Waals surface area contributed by atoms with Gasteiger partial charge in [-0.05, 0) is 43.3 Å². The number of ether oxygens (including phenoxy) is 1. The predicted molar refractivity (Wildman–Crippen MR) is 100 cm³/mol. The summed E-state index contributed by atoms with van der Waals surface area (Å²) in [4.78, 5) is 15.9. The third-order valence-corrected chi connectivity index (χ3v) is 5.04. The third kappa shape index (κ3) is 4.54. The zero-order valence-corrected chi connectivity index (χ0v) is 15.5. The number of carbonyl (C=O) groups excluding carboxylic acids is 1. The Hall–Kier alpha value is -2.67. The Bertz CT molecular complexity index is 790. The topological polar surface area (TPSA) is 46.0 Å². The number of hydrogen-bond acceptors (Lipinski definition) is 3. The molecule has 144 valence electrons. The highest BCUT2D eigenvalue weighted by atomic mass is 19.1. The predicted octanol–water partition coefficient (Wildman–Crippen LogP) is 1.71. The average Bonchev–Trinajstić information content (AvgIpc) is 2.69. The first-order valence-corrected chi connectivity index (χ1v) is 8.97. The van der Waals surface area contributed by atoms with Crippen molar-refractivity contribution in [3.05, 3.63) is 54.1 Å². The summed E-state index contributed by atoms with van der Waals surface area (Å²) < 4.78 is 31.9. The molecule has 0 bridgehead atoms. The van der Waals surface area contributed by atoms with Crippen LogP contribution in [0.5, 0.6) is 5.75 Å². The Kier molecular flexibility index (Phi) is 5.91. The number of benzene rings is 2. The number of carbonyl (C=O) groups is 1. The summed E-state index contributed by atoms with van der Waals surface area (Å²) in [6, 6.07) is 10.7. The molecule has 1 fully saturated rings. The Labute approximate surface area is 157 Å². The second kappa shape index (κ2) is 8.35. The molecule has 1 aliphatic heterocycles. The number of hydrogen-bond donors (Lipinski definition) is 2. The molecule has 27 heavy (non-hydrogen) atoms. The Morgan fingerprint density at radius 1 is 1.15 bits per heavy atom. The van der Waals surface area contributed by atoms with Crippen LogP contribution in [-0.4, -0.2) is 45.2 Å². The first-order valence-electron chi connectivity index (χ1n) is 8.97. The first kappa shape index (κ1) is 19.1. The lowest BCUT2D eigenvalue weighted by Gasteiger charge is -2.36. The van der Waals surface area contributed by atoms with Crippen LogP contribution in [0.4, 0.5) is 20.2 Å². The molecule has 2 aromatic rings. The summed E-state index contributed by atoms with van der Waals surface area (Å²) in [5, 5.41) is 2.56. The number of quaternary nitrogens is 1. The quantitative estimate of drug-likeness (QED) is 0.835. The minimum atomic E-state index is -0.769. The Morgan fingerprint density at radius 2 is 1.81 bits per heavy atom. The van der Waals surface area contributed by atoms with Gasteiger partial charge >= 0.3 is 0 Å². The van der Waals surface area contributed by atoms with Crippen LogP contribution in [0.1, 0.15) is 6.92 Å². The van der Waals surface area contributed by atoms with Crippen molar-refractivity contribution in [1.82, 2.24) is 0 Å². The van der Waals surface area contributed by atoms with Gasteiger partial charge in [0, 0.05) is 11.8 Å². The molecule has 0 spiro atoms. The van der Waals surface area contributed by atoms with E-state index in [-0.39, 0.29) is 17.6 Å². The maximum absolute atomic E-state index is 13.7. The first-order chi connectivity index (χ1) is 13.0. The highest BCUT2D eigenvalue weighted by Gasteiger charge is 2.29.